The van der Waals surface area contributed by atoms with Gasteiger partial charge in [-0.2, -0.15) is 8.78 Å². The highest BCUT2D eigenvalue weighted by atomic mass is 31.0. The lowest BCUT2D eigenvalue weighted by atomic mass is 9.94. The highest BCUT2D eigenvalue weighted by molar-refractivity contribution is 7.17. The number of aromatic nitrogens is 4. The molecule has 192 valence electrons. The van der Waals surface area contributed by atoms with Crippen LogP contribution in [0.4, 0.5) is 14.6 Å². The SMILES string of the molecule is Cc1oc2ncnc(NC3(C)CC3)c2c1C(=O)N1CCn2c(C(F)(F)P)nc(C3CCOCC3)c2C1. The number of rotatable bonds is 5. The third kappa shape index (κ3) is 4.06. The summed E-state index contributed by atoms with van der Waals surface area (Å²) in [6, 6.07) is 0. The van der Waals surface area contributed by atoms with E-state index in [0.29, 0.717) is 52.8 Å². The second kappa shape index (κ2) is 8.45. The zero-order chi connectivity index (χ0) is 25.2. The van der Waals surface area contributed by atoms with Gasteiger partial charge in [-0.3, -0.25) is 4.79 Å². The van der Waals surface area contributed by atoms with Crippen molar-refractivity contribution < 1.29 is 22.7 Å². The maximum Gasteiger partial charge on any atom is 0.315 e. The molecule has 3 aliphatic rings. The van der Waals surface area contributed by atoms with Crippen LogP contribution < -0.4 is 5.32 Å². The minimum atomic E-state index is -3.15. The zero-order valence-corrected chi connectivity index (χ0v) is 21.5. The molecule has 0 aromatic carbocycles. The summed E-state index contributed by atoms with van der Waals surface area (Å²) in [6.45, 7) is 5.71. The first-order chi connectivity index (χ1) is 17.1. The molecule has 3 aromatic heterocycles. The Hall–Kier alpha value is -2.65. The Labute approximate surface area is 209 Å². The normalized spacial score (nSPS) is 20.0. The molecule has 5 heterocycles. The van der Waals surface area contributed by atoms with Gasteiger partial charge in [-0.1, -0.05) is 9.24 Å². The van der Waals surface area contributed by atoms with E-state index in [1.165, 1.54) is 6.33 Å². The van der Waals surface area contributed by atoms with Gasteiger partial charge in [-0.25, -0.2) is 15.0 Å². The van der Waals surface area contributed by atoms with E-state index in [1.54, 1.807) is 25.6 Å². The predicted molar refractivity (Wildman–Crippen MR) is 131 cm³/mol. The number of fused-ring (bicyclic) bond motifs is 2. The van der Waals surface area contributed by atoms with E-state index >= 15 is 0 Å². The van der Waals surface area contributed by atoms with Gasteiger partial charge in [0.15, 0.2) is 5.82 Å². The van der Waals surface area contributed by atoms with Crippen LogP contribution in [0, 0.1) is 6.92 Å². The number of amides is 1. The summed E-state index contributed by atoms with van der Waals surface area (Å²) in [6.07, 6.45) is 4.91. The number of carbonyl (C=O) groups is 1. The van der Waals surface area contributed by atoms with Crippen LogP contribution in [0.15, 0.2) is 10.7 Å². The van der Waals surface area contributed by atoms with E-state index in [1.807, 2.05) is 0 Å². The maximum atomic E-state index is 14.5. The molecule has 1 N–H and O–H groups in total. The van der Waals surface area contributed by atoms with Crippen molar-refractivity contribution in [2.75, 3.05) is 25.1 Å². The molecule has 2 fully saturated rings. The van der Waals surface area contributed by atoms with Gasteiger partial charge < -0.3 is 23.9 Å². The van der Waals surface area contributed by atoms with Crippen LogP contribution >= 0.6 is 9.24 Å². The van der Waals surface area contributed by atoms with Gasteiger partial charge in [0, 0.05) is 37.8 Å². The first-order valence-electron chi connectivity index (χ1n) is 12.3. The Bertz CT molecular complexity index is 1340. The van der Waals surface area contributed by atoms with E-state index < -0.39 is 5.66 Å². The van der Waals surface area contributed by atoms with Crippen molar-refractivity contribution in [3.63, 3.8) is 0 Å². The molecular formula is C24H29F2N6O3P. The van der Waals surface area contributed by atoms with Crippen LogP contribution in [0.25, 0.3) is 11.1 Å². The summed E-state index contributed by atoms with van der Waals surface area (Å²) in [5.74, 6) is 0.569. The Balaban J connectivity index is 1.37. The molecule has 1 unspecified atom stereocenters. The molecule has 36 heavy (non-hydrogen) atoms. The first-order valence-corrected chi connectivity index (χ1v) is 12.9. The second-order valence-electron chi connectivity index (χ2n) is 10.3. The number of halogens is 2. The molecule has 1 saturated heterocycles. The molecule has 1 amide bonds. The van der Waals surface area contributed by atoms with E-state index in [2.05, 4.69) is 27.2 Å². The number of carbonyl (C=O) groups excluding carboxylic acids is 1. The molecular weight excluding hydrogens is 489 g/mol. The average molecular weight is 519 g/mol. The van der Waals surface area contributed by atoms with Gasteiger partial charge in [0.2, 0.25) is 5.71 Å². The predicted octanol–water partition coefficient (Wildman–Crippen LogP) is 4.17. The van der Waals surface area contributed by atoms with E-state index in [9.17, 15) is 13.6 Å². The lowest BCUT2D eigenvalue weighted by molar-refractivity contribution is 0.0677. The van der Waals surface area contributed by atoms with Crippen molar-refractivity contribution >= 4 is 32.1 Å². The van der Waals surface area contributed by atoms with Gasteiger partial charge in [-0.15, -0.1) is 0 Å². The van der Waals surface area contributed by atoms with Crippen LogP contribution in [0.5, 0.6) is 0 Å². The fraction of sp³-hybridized carbons (Fsp3) is 0.583. The molecule has 1 saturated carbocycles. The number of furan rings is 1. The van der Waals surface area contributed by atoms with E-state index in [0.717, 1.165) is 25.7 Å². The highest BCUT2D eigenvalue weighted by Gasteiger charge is 2.41. The van der Waals surface area contributed by atoms with Gasteiger partial charge in [0.1, 0.15) is 17.9 Å². The third-order valence-electron chi connectivity index (χ3n) is 7.53. The number of hydrogen-bond acceptors (Lipinski definition) is 7. The fourth-order valence-corrected chi connectivity index (χ4v) is 5.49. The summed E-state index contributed by atoms with van der Waals surface area (Å²) in [5, 5.41) is 4.00. The smallest absolute Gasteiger partial charge is 0.315 e. The summed E-state index contributed by atoms with van der Waals surface area (Å²) in [7, 11) is 1.60. The minimum Gasteiger partial charge on any atom is -0.442 e. The Morgan fingerprint density at radius 1 is 1.25 bits per heavy atom. The molecule has 0 bridgehead atoms. The van der Waals surface area contributed by atoms with Crippen molar-refractivity contribution in [2.45, 2.75) is 69.7 Å². The summed E-state index contributed by atoms with van der Waals surface area (Å²) < 4.78 is 41.8. The Kier molecular flexibility index (Phi) is 5.57. The molecule has 2 aliphatic heterocycles. The molecule has 12 heteroatoms. The molecule has 0 spiro atoms. The van der Waals surface area contributed by atoms with Gasteiger partial charge >= 0.3 is 5.66 Å². The topological polar surface area (TPSA) is 98.3 Å². The minimum absolute atomic E-state index is 0.0242. The van der Waals surface area contributed by atoms with Gasteiger partial charge in [0.25, 0.3) is 5.91 Å². The first kappa shape index (κ1) is 23.7. The van der Waals surface area contributed by atoms with Gasteiger partial charge in [-0.05, 0) is 39.5 Å². The standard InChI is InChI=1S/C24H29F2N6O3P/c1-13-16(17-19(30-23(2)5-6-23)27-12-28-20(17)35-13)21(33)31-7-8-32-15(11-31)18(14-3-9-34-10-4-14)29-22(32)24(25,26)36/h12,14H,3-11,36H2,1-2H3,(H,27,28,30). The molecule has 6 rings (SSSR count). The lowest BCUT2D eigenvalue weighted by Crippen LogP contribution is -2.39. The fourth-order valence-electron chi connectivity index (χ4n) is 5.27. The number of nitrogens with zero attached hydrogens (tertiary/aromatic N) is 5. The summed E-state index contributed by atoms with van der Waals surface area (Å²) >= 11 is 0. The molecule has 0 radical (unpaired) electrons. The summed E-state index contributed by atoms with van der Waals surface area (Å²) in [4.78, 5) is 28.7. The molecule has 9 nitrogen and oxygen atoms in total. The number of aryl methyl sites for hydroxylation is 1. The maximum absolute atomic E-state index is 14.5. The van der Waals surface area contributed by atoms with Gasteiger partial charge in [0.05, 0.1) is 28.9 Å². The Morgan fingerprint density at radius 2 is 2.00 bits per heavy atom. The highest BCUT2D eigenvalue weighted by Crippen LogP contribution is 2.42. The van der Waals surface area contributed by atoms with Crippen LogP contribution in [-0.2, 0) is 23.5 Å². The van der Waals surface area contributed by atoms with Crippen LogP contribution in [0.2, 0.25) is 0 Å². The van der Waals surface area contributed by atoms with Crippen LogP contribution in [0.3, 0.4) is 0 Å². The quantitative estimate of drug-likeness (QED) is 0.507. The number of nitrogens with one attached hydrogen (secondary N) is 1. The number of anilines is 1. The third-order valence-corrected chi connectivity index (χ3v) is 7.79. The molecule has 1 atom stereocenters. The molecule has 1 aliphatic carbocycles. The van der Waals surface area contributed by atoms with Crippen molar-refractivity contribution in [1.29, 1.82) is 0 Å². The zero-order valence-electron chi connectivity index (χ0n) is 20.3. The van der Waals surface area contributed by atoms with Crippen molar-refractivity contribution in [1.82, 2.24) is 24.4 Å². The monoisotopic (exact) mass is 518 g/mol. The number of ether oxygens (including phenoxy) is 1. The average Bonchev–Trinajstić information content (AvgIpc) is 3.29. The lowest BCUT2D eigenvalue weighted by Gasteiger charge is -2.31. The van der Waals surface area contributed by atoms with Crippen molar-refractivity contribution in [3.05, 3.63) is 34.9 Å². The number of alkyl halides is 2. The number of imidazole rings is 1. The van der Waals surface area contributed by atoms with Crippen molar-refractivity contribution in [2.24, 2.45) is 0 Å². The number of hydrogen-bond donors (Lipinski definition) is 1. The Morgan fingerprint density at radius 3 is 2.69 bits per heavy atom. The van der Waals surface area contributed by atoms with E-state index in [-0.39, 0.29) is 42.8 Å². The van der Waals surface area contributed by atoms with E-state index in [4.69, 9.17) is 9.15 Å². The van der Waals surface area contributed by atoms with Crippen LogP contribution in [-0.4, -0.2) is 55.6 Å². The summed E-state index contributed by atoms with van der Waals surface area (Å²) in [5.41, 5.74) is -1.12. The molecule has 3 aromatic rings. The van der Waals surface area contributed by atoms with Crippen LogP contribution in [0.1, 0.15) is 71.9 Å². The second-order valence-corrected chi connectivity index (χ2v) is 11.0. The largest absolute Gasteiger partial charge is 0.442 e. The van der Waals surface area contributed by atoms with Crippen molar-refractivity contribution in [3.8, 4) is 0 Å².